The van der Waals surface area contributed by atoms with E-state index in [1.807, 2.05) is 36.6 Å². The lowest BCUT2D eigenvalue weighted by Gasteiger charge is -2.41. The van der Waals surface area contributed by atoms with Crippen molar-refractivity contribution in [2.45, 2.75) is 57.4 Å². The van der Waals surface area contributed by atoms with Crippen molar-refractivity contribution in [2.24, 2.45) is 0 Å². The second-order valence-corrected chi connectivity index (χ2v) is 8.23. The van der Waals surface area contributed by atoms with E-state index in [9.17, 15) is 4.79 Å². The van der Waals surface area contributed by atoms with Gasteiger partial charge in [0.05, 0.1) is 22.2 Å². The Hall–Kier alpha value is -1.39. The molecule has 1 aromatic carbocycles. The third-order valence-electron chi connectivity index (χ3n) is 4.84. The first kappa shape index (κ1) is 17.4. The van der Waals surface area contributed by atoms with E-state index in [1.54, 1.807) is 11.3 Å². The maximum Gasteiger partial charge on any atom is 0.231 e. The molecule has 0 spiro atoms. The fourth-order valence-electron chi connectivity index (χ4n) is 3.14. The third kappa shape index (κ3) is 3.22. The minimum Gasteiger partial charge on any atom is -0.347 e. The zero-order chi connectivity index (χ0) is 17.3. The lowest BCUT2D eigenvalue weighted by Crippen LogP contribution is -2.49. The van der Waals surface area contributed by atoms with Gasteiger partial charge in [0.2, 0.25) is 5.91 Å². The molecule has 1 heterocycles. The summed E-state index contributed by atoms with van der Waals surface area (Å²) in [6.45, 7) is 6.27. The number of hydrogen-bond acceptors (Lipinski definition) is 3. The Morgan fingerprint density at radius 3 is 2.62 bits per heavy atom. The zero-order valence-electron chi connectivity index (χ0n) is 14.3. The summed E-state index contributed by atoms with van der Waals surface area (Å²) < 4.78 is 0. The van der Waals surface area contributed by atoms with Gasteiger partial charge in [-0.25, -0.2) is 4.98 Å². The number of aromatic nitrogens is 1. The first-order valence-electron chi connectivity index (χ1n) is 8.45. The summed E-state index contributed by atoms with van der Waals surface area (Å²) in [5.41, 5.74) is 1.53. The number of hydrogen-bond donors (Lipinski definition) is 1. The maximum absolute atomic E-state index is 13.0. The second-order valence-electron chi connectivity index (χ2n) is 6.91. The number of carbonyl (C=O) groups is 1. The lowest BCUT2D eigenvalue weighted by molar-refractivity contribution is -0.130. The number of nitrogens with zero attached hydrogens (tertiary/aromatic N) is 1. The van der Waals surface area contributed by atoms with Gasteiger partial charge in [-0.1, -0.05) is 44.0 Å². The Kier molecular flexibility index (Phi) is 4.97. The molecular formula is C19H23ClN2OS. The highest BCUT2D eigenvalue weighted by molar-refractivity contribution is 7.09. The Balaban J connectivity index is 1.77. The van der Waals surface area contributed by atoms with Gasteiger partial charge in [-0.05, 0) is 37.5 Å². The molecule has 0 bridgehead atoms. The topological polar surface area (TPSA) is 42.0 Å². The first-order valence-corrected chi connectivity index (χ1v) is 9.70. The average Bonchev–Trinajstić information content (AvgIpc) is 2.96. The van der Waals surface area contributed by atoms with Crippen molar-refractivity contribution in [3.8, 4) is 0 Å². The Bertz CT molecular complexity index is 736. The molecule has 24 heavy (non-hydrogen) atoms. The smallest absolute Gasteiger partial charge is 0.231 e. The van der Waals surface area contributed by atoms with E-state index in [-0.39, 0.29) is 11.9 Å². The number of benzene rings is 1. The molecule has 0 aliphatic heterocycles. The van der Waals surface area contributed by atoms with Crippen LogP contribution in [0.25, 0.3) is 0 Å². The molecule has 0 saturated heterocycles. The molecule has 5 heteroatoms. The van der Waals surface area contributed by atoms with E-state index >= 15 is 0 Å². The van der Waals surface area contributed by atoms with Crippen LogP contribution in [0, 0.1) is 0 Å². The number of thiazole rings is 1. The van der Waals surface area contributed by atoms with Crippen LogP contribution in [0.3, 0.4) is 0 Å². The molecular weight excluding hydrogens is 340 g/mol. The molecule has 1 unspecified atom stereocenters. The van der Waals surface area contributed by atoms with Crippen LogP contribution in [-0.4, -0.2) is 10.9 Å². The van der Waals surface area contributed by atoms with Crippen LogP contribution < -0.4 is 5.32 Å². The molecule has 0 radical (unpaired) electrons. The van der Waals surface area contributed by atoms with Crippen molar-refractivity contribution in [1.29, 1.82) is 0 Å². The number of carbonyl (C=O) groups excluding carboxylic acids is 1. The standard InChI is InChI=1S/C19H23ClN2OS/c1-12(2)17-22-16(11-24-17)13(3)21-18(23)19(8-5-9-19)14-6-4-7-15(20)10-14/h4,6-7,10-13H,5,8-9H2,1-3H3,(H,21,23). The number of nitrogens with one attached hydrogen (secondary N) is 1. The van der Waals surface area contributed by atoms with Crippen LogP contribution in [0.2, 0.25) is 5.02 Å². The van der Waals surface area contributed by atoms with Crippen molar-refractivity contribution in [3.63, 3.8) is 0 Å². The summed E-state index contributed by atoms with van der Waals surface area (Å²) in [6.07, 6.45) is 2.82. The zero-order valence-corrected chi connectivity index (χ0v) is 15.9. The lowest BCUT2D eigenvalue weighted by atomic mass is 9.63. The maximum atomic E-state index is 13.0. The van der Waals surface area contributed by atoms with Gasteiger partial charge in [-0.2, -0.15) is 0 Å². The summed E-state index contributed by atoms with van der Waals surface area (Å²) in [5.74, 6) is 0.499. The number of halogens is 1. The van der Waals surface area contributed by atoms with Gasteiger partial charge in [0, 0.05) is 16.3 Å². The molecule has 1 atom stereocenters. The molecule has 3 rings (SSSR count). The molecule has 1 amide bonds. The fraction of sp³-hybridized carbons (Fsp3) is 0.474. The summed E-state index contributed by atoms with van der Waals surface area (Å²) in [5, 5.41) is 7.01. The van der Waals surface area contributed by atoms with Crippen LogP contribution in [0.15, 0.2) is 29.6 Å². The van der Waals surface area contributed by atoms with Gasteiger partial charge in [-0.15, -0.1) is 11.3 Å². The largest absolute Gasteiger partial charge is 0.347 e. The second kappa shape index (κ2) is 6.85. The van der Waals surface area contributed by atoms with Crippen LogP contribution in [-0.2, 0) is 10.2 Å². The molecule has 1 aromatic heterocycles. The molecule has 1 aliphatic carbocycles. The Labute approximate surface area is 152 Å². The molecule has 1 fully saturated rings. The third-order valence-corrected chi connectivity index (χ3v) is 6.24. The van der Waals surface area contributed by atoms with Crippen LogP contribution in [0.5, 0.6) is 0 Å². The quantitative estimate of drug-likeness (QED) is 0.792. The molecule has 1 N–H and O–H groups in total. The fourth-order valence-corrected chi connectivity index (χ4v) is 4.26. The van der Waals surface area contributed by atoms with Gasteiger partial charge in [0.25, 0.3) is 0 Å². The summed E-state index contributed by atoms with van der Waals surface area (Å²) in [7, 11) is 0. The van der Waals surface area contributed by atoms with E-state index in [2.05, 4.69) is 24.1 Å². The van der Waals surface area contributed by atoms with Crippen molar-refractivity contribution in [2.75, 3.05) is 0 Å². The normalized spacial score (nSPS) is 17.4. The minimum atomic E-state index is -0.434. The van der Waals surface area contributed by atoms with Crippen molar-refractivity contribution in [1.82, 2.24) is 10.3 Å². The van der Waals surface area contributed by atoms with Gasteiger partial charge in [0.15, 0.2) is 0 Å². The summed E-state index contributed by atoms with van der Waals surface area (Å²) in [4.78, 5) is 17.7. The molecule has 1 aliphatic rings. The van der Waals surface area contributed by atoms with Crippen LogP contribution in [0.4, 0.5) is 0 Å². The average molecular weight is 363 g/mol. The SMILES string of the molecule is CC(C)c1nc(C(C)NC(=O)C2(c3cccc(Cl)c3)CCC2)cs1. The van der Waals surface area contributed by atoms with Crippen LogP contribution in [0.1, 0.15) is 68.3 Å². The highest BCUT2D eigenvalue weighted by Gasteiger charge is 2.46. The van der Waals surface area contributed by atoms with E-state index in [4.69, 9.17) is 11.6 Å². The van der Waals surface area contributed by atoms with Crippen molar-refractivity contribution >= 4 is 28.8 Å². The predicted octanol–water partition coefficient (Wildman–Crippen LogP) is 5.22. The molecule has 2 aromatic rings. The summed E-state index contributed by atoms with van der Waals surface area (Å²) in [6, 6.07) is 7.61. The Morgan fingerprint density at radius 2 is 2.08 bits per heavy atom. The molecule has 1 saturated carbocycles. The number of rotatable bonds is 5. The highest BCUT2D eigenvalue weighted by Crippen LogP contribution is 2.45. The van der Waals surface area contributed by atoms with Gasteiger partial charge in [0.1, 0.15) is 0 Å². The molecule has 3 nitrogen and oxygen atoms in total. The van der Waals surface area contributed by atoms with E-state index in [0.717, 1.165) is 35.5 Å². The summed E-state index contributed by atoms with van der Waals surface area (Å²) >= 11 is 7.79. The van der Waals surface area contributed by atoms with Crippen LogP contribution >= 0.6 is 22.9 Å². The van der Waals surface area contributed by atoms with E-state index in [0.29, 0.717) is 10.9 Å². The van der Waals surface area contributed by atoms with Gasteiger partial charge >= 0.3 is 0 Å². The number of amides is 1. The van der Waals surface area contributed by atoms with Crippen molar-refractivity contribution in [3.05, 3.63) is 50.9 Å². The monoisotopic (exact) mass is 362 g/mol. The first-order chi connectivity index (χ1) is 11.4. The van der Waals surface area contributed by atoms with Gasteiger partial charge < -0.3 is 5.32 Å². The highest BCUT2D eigenvalue weighted by atomic mass is 35.5. The van der Waals surface area contributed by atoms with E-state index in [1.165, 1.54) is 0 Å². The predicted molar refractivity (Wildman–Crippen MR) is 99.7 cm³/mol. The Morgan fingerprint density at radius 1 is 1.33 bits per heavy atom. The van der Waals surface area contributed by atoms with Crippen molar-refractivity contribution < 1.29 is 4.79 Å². The van der Waals surface area contributed by atoms with Gasteiger partial charge in [-0.3, -0.25) is 4.79 Å². The van der Waals surface area contributed by atoms with E-state index < -0.39 is 5.41 Å². The molecule has 128 valence electrons. The minimum absolute atomic E-state index is 0.0853.